The van der Waals surface area contributed by atoms with Crippen LogP contribution in [0.3, 0.4) is 0 Å². The lowest BCUT2D eigenvalue weighted by molar-refractivity contribution is 0.340. The molecule has 0 bridgehead atoms. The Morgan fingerprint density at radius 2 is 2.36 bits per heavy atom. The van der Waals surface area contributed by atoms with Crippen LogP contribution < -0.4 is 4.74 Å². The summed E-state index contributed by atoms with van der Waals surface area (Å²) >= 11 is 0. The predicted molar refractivity (Wildman–Crippen MR) is 55.2 cm³/mol. The first-order valence-electron chi connectivity index (χ1n) is 4.62. The van der Waals surface area contributed by atoms with Crippen LogP contribution in [0.5, 0.6) is 5.75 Å². The molecule has 1 N–H and O–H groups in total. The van der Waals surface area contributed by atoms with Gasteiger partial charge in [0.05, 0.1) is 24.8 Å². The zero-order valence-corrected chi connectivity index (χ0v) is 8.03. The van der Waals surface area contributed by atoms with Crippen LogP contribution in [0.4, 0.5) is 0 Å². The Hall–Kier alpha value is -1.77. The molecule has 0 saturated carbocycles. The maximum Gasteiger partial charge on any atom is 0.119 e. The predicted octanol–water partition coefficient (Wildman–Crippen LogP) is 2.48. The van der Waals surface area contributed by atoms with Gasteiger partial charge in [-0.15, -0.1) is 0 Å². The summed E-state index contributed by atoms with van der Waals surface area (Å²) in [4.78, 5) is 7.03. The first-order valence-corrected chi connectivity index (χ1v) is 4.62. The van der Waals surface area contributed by atoms with E-state index in [1.807, 2.05) is 31.2 Å². The van der Waals surface area contributed by atoms with Crippen LogP contribution in [-0.4, -0.2) is 16.6 Å². The van der Waals surface area contributed by atoms with Gasteiger partial charge in [0.1, 0.15) is 5.75 Å². The van der Waals surface area contributed by atoms with Crippen molar-refractivity contribution in [2.45, 2.75) is 6.92 Å². The number of nitrogens with one attached hydrogen (secondary N) is 1. The fraction of sp³-hybridized carbons (Fsp3) is 0.182. The van der Waals surface area contributed by atoms with Gasteiger partial charge in [-0.1, -0.05) is 12.1 Å². The Morgan fingerprint density at radius 3 is 3.07 bits per heavy atom. The first-order chi connectivity index (χ1) is 6.90. The quantitative estimate of drug-likeness (QED) is 0.803. The molecule has 3 nitrogen and oxygen atoms in total. The molecule has 0 aliphatic carbocycles. The highest BCUT2D eigenvalue weighted by atomic mass is 16.5. The monoisotopic (exact) mass is 188 g/mol. The van der Waals surface area contributed by atoms with Crippen molar-refractivity contribution in [3.8, 4) is 17.0 Å². The highest BCUT2D eigenvalue weighted by Gasteiger charge is 1.99. The van der Waals surface area contributed by atoms with Crippen molar-refractivity contribution in [1.29, 1.82) is 0 Å². The second-order valence-electron chi connectivity index (χ2n) is 2.93. The Kier molecular flexibility index (Phi) is 2.49. The molecule has 0 amide bonds. The van der Waals surface area contributed by atoms with E-state index in [2.05, 4.69) is 9.97 Å². The Bertz CT molecular complexity index is 395. The van der Waals surface area contributed by atoms with Gasteiger partial charge in [-0.05, 0) is 19.1 Å². The van der Waals surface area contributed by atoms with Crippen molar-refractivity contribution in [2.24, 2.45) is 0 Å². The Morgan fingerprint density at radius 1 is 1.43 bits per heavy atom. The van der Waals surface area contributed by atoms with Gasteiger partial charge in [0.25, 0.3) is 0 Å². The van der Waals surface area contributed by atoms with Crippen molar-refractivity contribution in [3.63, 3.8) is 0 Å². The fourth-order valence-corrected chi connectivity index (χ4v) is 1.33. The van der Waals surface area contributed by atoms with Crippen molar-refractivity contribution in [3.05, 3.63) is 36.8 Å². The van der Waals surface area contributed by atoms with Gasteiger partial charge in [0, 0.05) is 5.56 Å². The second kappa shape index (κ2) is 3.96. The number of aromatic amines is 1. The van der Waals surface area contributed by atoms with Crippen molar-refractivity contribution in [1.82, 2.24) is 9.97 Å². The molecule has 1 aromatic carbocycles. The van der Waals surface area contributed by atoms with E-state index in [0.29, 0.717) is 6.61 Å². The average Bonchev–Trinajstić information content (AvgIpc) is 2.71. The third kappa shape index (κ3) is 1.76. The highest BCUT2D eigenvalue weighted by Crippen LogP contribution is 2.21. The first kappa shape index (κ1) is 8.81. The smallest absolute Gasteiger partial charge is 0.119 e. The van der Waals surface area contributed by atoms with E-state index in [1.54, 1.807) is 12.5 Å². The summed E-state index contributed by atoms with van der Waals surface area (Å²) in [7, 11) is 0. The largest absolute Gasteiger partial charge is 0.494 e. The molecule has 0 radical (unpaired) electrons. The van der Waals surface area contributed by atoms with Gasteiger partial charge in [-0.2, -0.15) is 0 Å². The van der Waals surface area contributed by atoms with Gasteiger partial charge in [-0.3, -0.25) is 0 Å². The van der Waals surface area contributed by atoms with Crippen LogP contribution in [0.15, 0.2) is 36.8 Å². The molecule has 0 fully saturated rings. The van der Waals surface area contributed by atoms with Crippen LogP contribution in [0.1, 0.15) is 6.92 Å². The molecule has 3 heteroatoms. The zero-order chi connectivity index (χ0) is 9.80. The van der Waals surface area contributed by atoms with E-state index in [4.69, 9.17) is 4.74 Å². The standard InChI is InChI=1S/C11H12N2O/c1-2-14-10-5-3-4-9(6-10)11-7-12-8-13-11/h3-8H,2H2,1H3,(H,12,13). The lowest BCUT2D eigenvalue weighted by atomic mass is 10.1. The second-order valence-corrected chi connectivity index (χ2v) is 2.93. The Balaban J connectivity index is 2.31. The molecule has 0 saturated heterocycles. The number of ether oxygens (including phenoxy) is 1. The third-order valence-electron chi connectivity index (χ3n) is 1.95. The van der Waals surface area contributed by atoms with E-state index < -0.39 is 0 Å². The molecule has 1 aromatic heterocycles. The number of nitrogens with zero attached hydrogens (tertiary/aromatic N) is 1. The molecule has 1 heterocycles. The van der Waals surface area contributed by atoms with Crippen molar-refractivity contribution < 1.29 is 4.74 Å². The third-order valence-corrected chi connectivity index (χ3v) is 1.95. The molecular weight excluding hydrogens is 176 g/mol. The number of H-pyrrole nitrogens is 1. The van der Waals surface area contributed by atoms with Crippen LogP contribution in [0, 0.1) is 0 Å². The van der Waals surface area contributed by atoms with Gasteiger partial charge >= 0.3 is 0 Å². The van der Waals surface area contributed by atoms with Gasteiger partial charge in [-0.25, -0.2) is 4.98 Å². The fourth-order valence-electron chi connectivity index (χ4n) is 1.33. The summed E-state index contributed by atoms with van der Waals surface area (Å²) in [5, 5.41) is 0. The van der Waals surface area contributed by atoms with Crippen LogP contribution in [0.2, 0.25) is 0 Å². The molecule has 0 unspecified atom stereocenters. The van der Waals surface area contributed by atoms with Crippen LogP contribution in [0.25, 0.3) is 11.3 Å². The molecule has 0 aliphatic heterocycles. The minimum absolute atomic E-state index is 0.687. The van der Waals surface area contributed by atoms with Gasteiger partial charge in [0.2, 0.25) is 0 Å². The van der Waals surface area contributed by atoms with E-state index in [-0.39, 0.29) is 0 Å². The zero-order valence-electron chi connectivity index (χ0n) is 8.03. The summed E-state index contributed by atoms with van der Waals surface area (Å²) in [5.41, 5.74) is 2.10. The lowest BCUT2D eigenvalue weighted by Gasteiger charge is -2.04. The minimum Gasteiger partial charge on any atom is -0.494 e. The molecule has 72 valence electrons. The number of imidazole rings is 1. The highest BCUT2D eigenvalue weighted by molar-refractivity contribution is 5.60. The summed E-state index contributed by atoms with van der Waals surface area (Å²) in [5.74, 6) is 0.889. The minimum atomic E-state index is 0.687. The van der Waals surface area contributed by atoms with E-state index in [0.717, 1.165) is 17.0 Å². The molecule has 0 atom stereocenters. The molecule has 14 heavy (non-hydrogen) atoms. The summed E-state index contributed by atoms with van der Waals surface area (Å²) in [6.07, 6.45) is 3.47. The van der Waals surface area contributed by atoms with Crippen molar-refractivity contribution in [2.75, 3.05) is 6.61 Å². The maximum atomic E-state index is 5.41. The molecule has 2 aromatic rings. The topological polar surface area (TPSA) is 37.9 Å². The van der Waals surface area contributed by atoms with Crippen molar-refractivity contribution >= 4 is 0 Å². The number of hydrogen-bond acceptors (Lipinski definition) is 2. The molecular formula is C11H12N2O. The molecule has 2 rings (SSSR count). The van der Waals surface area contributed by atoms with E-state index in [1.165, 1.54) is 0 Å². The number of benzene rings is 1. The van der Waals surface area contributed by atoms with Gasteiger partial charge in [0.15, 0.2) is 0 Å². The van der Waals surface area contributed by atoms with Crippen LogP contribution in [-0.2, 0) is 0 Å². The van der Waals surface area contributed by atoms with Crippen LogP contribution >= 0.6 is 0 Å². The van der Waals surface area contributed by atoms with E-state index in [9.17, 15) is 0 Å². The van der Waals surface area contributed by atoms with Gasteiger partial charge < -0.3 is 9.72 Å². The molecule has 0 aliphatic rings. The summed E-state index contributed by atoms with van der Waals surface area (Å²) < 4.78 is 5.41. The van der Waals surface area contributed by atoms with E-state index >= 15 is 0 Å². The number of aromatic nitrogens is 2. The Labute approximate surface area is 82.8 Å². The summed E-state index contributed by atoms with van der Waals surface area (Å²) in [6.45, 7) is 2.66. The SMILES string of the molecule is CCOc1cccc(-c2cnc[nH]2)c1. The lowest BCUT2D eigenvalue weighted by Crippen LogP contribution is -1.91. The molecule has 0 spiro atoms. The average molecular weight is 188 g/mol. The normalized spacial score (nSPS) is 10.1. The number of hydrogen-bond donors (Lipinski definition) is 1. The maximum absolute atomic E-state index is 5.41. The summed E-state index contributed by atoms with van der Waals surface area (Å²) in [6, 6.07) is 7.94. The number of rotatable bonds is 3.